The maximum Gasteiger partial charge on any atom is 0.255 e. The first-order chi connectivity index (χ1) is 19.7. The summed E-state index contributed by atoms with van der Waals surface area (Å²) in [5.74, 6) is 0.671. The van der Waals surface area contributed by atoms with Crippen LogP contribution >= 0.6 is 0 Å². The van der Waals surface area contributed by atoms with Crippen LogP contribution in [0, 0.1) is 0 Å². The number of allylic oxidation sites excluding steroid dienone is 2. The van der Waals surface area contributed by atoms with Gasteiger partial charge in [-0.1, -0.05) is 30.3 Å². The topological polar surface area (TPSA) is 124 Å². The molecule has 0 bridgehead atoms. The second-order valence-corrected chi connectivity index (χ2v) is 9.27. The molecule has 40 heavy (non-hydrogen) atoms. The third-order valence-electron chi connectivity index (χ3n) is 6.70. The number of benzene rings is 1. The number of rotatable bonds is 5. The first-order valence-electron chi connectivity index (χ1n) is 12.7. The zero-order chi connectivity index (χ0) is 26.9. The summed E-state index contributed by atoms with van der Waals surface area (Å²) < 4.78 is 0. The average molecular weight is 523 g/mol. The lowest BCUT2D eigenvalue weighted by Crippen LogP contribution is -2.11. The van der Waals surface area contributed by atoms with Crippen LogP contribution in [0.4, 0.5) is 11.5 Å². The lowest BCUT2D eigenvalue weighted by atomic mass is 10.0. The molecule has 9 heteroatoms. The molecule has 0 saturated carbocycles. The fourth-order valence-corrected chi connectivity index (χ4v) is 4.77. The Morgan fingerprint density at radius 3 is 2.60 bits per heavy atom. The number of nitrogens with one attached hydrogen (secondary N) is 4. The van der Waals surface area contributed by atoms with Crippen LogP contribution < -0.4 is 10.6 Å². The molecule has 0 saturated heterocycles. The Hall–Kier alpha value is -5.83. The van der Waals surface area contributed by atoms with Crippen LogP contribution in [-0.2, 0) is 0 Å². The normalized spacial score (nSPS) is 12.3. The Morgan fingerprint density at radius 2 is 1.73 bits per heavy atom. The monoisotopic (exact) mass is 522 g/mol. The molecule has 192 valence electrons. The van der Waals surface area contributed by atoms with Gasteiger partial charge in [0.25, 0.3) is 5.91 Å². The minimum absolute atomic E-state index is 0.195. The van der Waals surface area contributed by atoms with Gasteiger partial charge >= 0.3 is 0 Å². The predicted molar refractivity (Wildman–Crippen MR) is 155 cm³/mol. The summed E-state index contributed by atoms with van der Waals surface area (Å²) in [6.45, 7) is 0. The van der Waals surface area contributed by atoms with Crippen LogP contribution in [0.3, 0.4) is 0 Å². The number of hydrogen-bond donors (Lipinski definition) is 4. The Morgan fingerprint density at radius 1 is 0.850 bits per heavy atom. The van der Waals surface area contributed by atoms with Crippen LogP contribution in [0.1, 0.15) is 21.5 Å². The highest BCUT2D eigenvalue weighted by Crippen LogP contribution is 2.36. The van der Waals surface area contributed by atoms with Gasteiger partial charge in [-0.2, -0.15) is 5.10 Å². The van der Waals surface area contributed by atoms with Gasteiger partial charge in [-0.3, -0.25) is 19.9 Å². The third kappa shape index (κ3) is 4.31. The van der Waals surface area contributed by atoms with E-state index in [9.17, 15) is 4.79 Å². The number of aromatic nitrogens is 6. The molecule has 9 nitrogen and oxygen atoms in total. The fourth-order valence-electron chi connectivity index (χ4n) is 4.77. The molecule has 0 atom stereocenters. The van der Waals surface area contributed by atoms with E-state index < -0.39 is 0 Å². The summed E-state index contributed by atoms with van der Waals surface area (Å²) in [5.41, 5.74) is 8.18. The van der Waals surface area contributed by atoms with E-state index in [4.69, 9.17) is 0 Å². The molecular formula is C31H22N8O. The molecule has 6 aromatic rings. The van der Waals surface area contributed by atoms with Crippen molar-refractivity contribution < 1.29 is 4.79 Å². The van der Waals surface area contributed by atoms with Gasteiger partial charge in [0, 0.05) is 64.2 Å². The van der Waals surface area contributed by atoms with E-state index in [2.05, 4.69) is 52.9 Å². The van der Waals surface area contributed by atoms with E-state index in [1.54, 1.807) is 36.9 Å². The molecule has 7 rings (SSSR count). The van der Waals surface area contributed by atoms with Crippen molar-refractivity contribution in [1.29, 1.82) is 0 Å². The number of nitrogens with zero attached hydrogens (tertiary/aromatic N) is 4. The van der Waals surface area contributed by atoms with E-state index in [1.807, 2.05) is 60.9 Å². The standard InChI is InChI=1S/C31H22N8O/c40-31(19-6-2-1-3-7-19)36-23-12-21(16-33-18-23)22-13-26-28(38-39-30(26)35-17-22)27-14-25-24(20-8-4-10-32-15-20)9-5-11-34-29(25)37-27/h1-18,34,37H,(H,36,40)(H,35,38,39). The number of H-pyrrole nitrogens is 2. The molecule has 1 aliphatic rings. The second-order valence-electron chi connectivity index (χ2n) is 9.27. The van der Waals surface area contributed by atoms with Crippen LogP contribution in [-0.4, -0.2) is 36.0 Å². The smallest absolute Gasteiger partial charge is 0.255 e. The SMILES string of the molecule is O=C(Nc1cncc(-c2cnc3[nH]nc(-c4cc5c([nH]4)NC=CC=C5c4cccnc4)c3c2)c1)c1ccccc1. The van der Waals surface area contributed by atoms with Crippen molar-refractivity contribution in [2.45, 2.75) is 0 Å². The number of hydrogen-bond acceptors (Lipinski definition) is 6. The van der Waals surface area contributed by atoms with Crippen LogP contribution in [0.5, 0.6) is 0 Å². The maximum atomic E-state index is 12.6. The van der Waals surface area contributed by atoms with E-state index in [1.165, 1.54) is 0 Å². The highest BCUT2D eigenvalue weighted by atomic mass is 16.1. The Labute approximate surface area is 228 Å². The predicted octanol–water partition coefficient (Wildman–Crippen LogP) is 6.03. The van der Waals surface area contributed by atoms with Gasteiger partial charge in [0.05, 0.1) is 17.6 Å². The van der Waals surface area contributed by atoms with Crippen molar-refractivity contribution in [2.75, 3.05) is 10.6 Å². The van der Waals surface area contributed by atoms with Crippen molar-refractivity contribution in [3.05, 3.63) is 127 Å². The molecule has 0 unspecified atom stereocenters. The van der Waals surface area contributed by atoms with Crippen LogP contribution in [0.15, 0.2) is 110 Å². The highest BCUT2D eigenvalue weighted by molar-refractivity contribution is 6.04. The molecule has 1 amide bonds. The largest absolute Gasteiger partial charge is 0.348 e. The minimum Gasteiger partial charge on any atom is -0.348 e. The van der Waals surface area contributed by atoms with Crippen molar-refractivity contribution in [1.82, 2.24) is 30.1 Å². The lowest BCUT2D eigenvalue weighted by molar-refractivity contribution is 0.102. The first-order valence-corrected chi connectivity index (χ1v) is 12.7. The zero-order valence-corrected chi connectivity index (χ0v) is 21.1. The van der Waals surface area contributed by atoms with Crippen molar-refractivity contribution in [3.8, 4) is 22.5 Å². The van der Waals surface area contributed by atoms with Crippen molar-refractivity contribution in [2.24, 2.45) is 0 Å². The Bertz CT molecular complexity index is 1920. The van der Waals surface area contributed by atoms with Gasteiger partial charge in [-0.05, 0) is 48.0 Å². The Balaban J connectivity index is 1.23. The molecule has 0 spiro atoms. The number of amides is 1. The third-order valence-corrected chi connectivity index (χ3v) is 6.70. The van der Waals surface area contributed by atoms with Crippen LogP contribution in [0.2, 0.25) is 0 Å². The van der Waals surface area contributed by atoms with Crippen molar-refractivity contribution >= 4 is 34.0 Å². The lowest BCUT2D eigenvalue weighted by Gasteiger charge is -2.07. The van der Waals surface area contributed by atoms with Crippen molar-refractivity contribution in [3.63, 3.8) is 0 Å². The second kappa shape index (κ2) is 9.80. The number of carbonyl (C=O) groups excluding carboxylic acids is 1. The first kappa shape index (κ1) is 23.3. The number of pyridine rings is 3. The number of aromatic amines is 2. The zero-order valence-electron chi connectivity index (χ0n) is 21.1. The van der Waals surface area contributed by atoms with Gasteiger partial charge in [0.1, 0.15) is 11.5 Å². The fraction of sp³-hybridized carbons (Fsp3) is 0. The van der Waals surface area contributed by atoms with Gasteiger partial charge in [0.2, 0.25) is 0 Å². The van der Waals surface area contributed by atoms with Crippen LogP contribution in [0.25, 0.3) is 39.1 Å². The molecule has 1 aliphatic heterocycles. The van der Waals surface area contributed by atoms with Gasteiger partial charge in [0.15, 0.2) is 5.65 Å². The molecule has 1 aromatic carbocycles. The summed E-state index contributed by atoms with van der Waals surface area (Å²) in [7, 11) is 0. The van der Waals surface area contributed by atoms with E-state index in [0.29, 0.717) is 16.9 Å². The number of fused-ring (bicyclic) bond motifs is 2. The molecule has 5 aromatic heterocycles. The maximum absolute atomic E-state index is 12.6. The summed E-state index contributed by atoms with van der Waals surface area (Å²) >= 11 is 0. The molecule has 0 aliphatic carbocycles. The molecule has 6 heterocycles. The molecule has 4 N–H and O–H groups in total. The average Bonchev–Trinajstić information content (AvgIpc) is 3.56. The van der Waals surface area contributed by atoms with Gasteiger partial charge in [-0.15, -0.1) is 0 Å². The van der Waals surface area contributed by atoms with E-state index >= 15 is 0 Å². The summed E-state index contributed by atoms with van der Waals surface area (Å²) in [5, 5.41) is 14.7. The summed E-state index contributed by atoms with van der Waals surface area (Å²) in [6.07, 6.45) is 14.7. The molecular weight excluding hydrogens is 500 g/mol. The summed E-state index contributed by atoms with van der Waals surface area (Å²) in [4.78, 5) is 29.4. The van der Waals surface area contributed by atoms with E-state index in [-0.39, 0.29) is 5.91 Å². The number of anilines is 2. The quantitative estimate of drug-likeness (QED) is 0.219. The van der Waals surface area contributed by atoms with E-state index in [0.717, 1.165) is 50.4 Å². The number of carbonyl (C=O) groups is 1. The van der Waals surface area contributed by atoms with Gasteiger partial charge < -0.3 is 15.6 Å². The molecule has 0 radical (unpaired) electrons. The van der Waals surface area contributed by atoms with Gasteiger partial charge in [-0.25, -0.2) is 4.98 Å². The summed E-state index contributed by atoms with van der Waals surface area (Å²) in [6, 6.07) is 19.0. The minimum atomic E-state index is -0.195. The highest BCUT2D eigenvalue weighted by Gasteiger charge is 2.19. The molecule has 0 fully saturated rings. The Kier molecular flexibility index (Phi) is 5.71.